The van der Waals surface area contributed by atoms with Crippen molar-refractivity contribution in [3.05, 3.63) is 23.8 Å². The Morgan fingerprint density at radius 1 is 1.40 bits per heavy atom. The van der Waals surface area contributed by atoms with Crippen molar-refractivity contribution in [3.8, 4) is 5.75 Å². The topological polar surface area (TPSA) is 35.2 Å². The molecule has 0 saturated heterocycles. The molecule has 0 saturated carbocycles. The number of thioether (sulfide) groups is 1. The van der Waals surface area contributed by atoms with E-state index in [1.54, 1.807) is 0 Å². The zero-order valence-electron chi connectivity index (χ0n) is 8.51. The van der Waals surface area contributed by atoms with Gasteiger partial charge in [-0.1, -0.05) is 12.1 Å². The maximum atomic E-state index is 5.61. The predicted molar refractivity (Wildman–Crippen MR) is 60.0 cm³/mol. The van der Waals surface area contributed by atoms with E-state index in [1.165, 1.54) is 29.1 Å². The summed E-state index contributed by atoms with van der Waals surface area (Å²) >= 11 is 1.90. The Kier molecular flexibility index (Phi) is 6.39. The van der Waals surface area contributed by atoms with Gasteiger partial charge in [-0.2, -0.15) is 0 Å². The first-order valence-electron chi connectivity index (χ1n) is 4.99. The van der Waals surface area contributed by atoms with Crippen LogP contribution < -0.4 is 10.5 Å². The van der Waals surface area contributed by atoms with Gasteiger partial charge >= 0.3 is 0 Å². The standard InChI is InChI=1S/C11H15NOS.Ar/c12-6-7-13-10-5-1-3-9-4-2-8-14-11(9)10;/h1,3,5H,2,4,6-8,12H2;. The second kappa shape index (κ2) is 7.02. The molecule has 0 spiro atoms. The molecule has 2 nitrogen and oxygen atoms in total. The minimum absolute atomic E-state index is 0. The Labute approximate surface area is 125 Å². The van der Waals surface area contributed by atoms with E-state index in [-0.39, 0.29) is 37.7 Å². The van der Waals surface area contributed by atoms with E-state index in [1.807, 2.05) is 17.8 Å². The monoisotopic (exact) mass is 249 g/mol. The predicted octanol–water partition coefficient (Wildman–Crippen LogP) is 2.06. The van der Waals surface area contributed by atoms with Crippen LogP contribution in [0.5, 0.6) is 5.75 Å². The number of hydrogen-bond donors (Lipinski definition) is 1. The van der Waals surface area contributed by atoms with Crippen LogP contribution in [-0.4, -0.2) is 18.9 Å². The Morgan fingerprint density at radius 3 is 3.07 bits per heavy atom. The first kappa shape index (κ1) is 13.7. The zero-order valence-corrected chi connectivity index (χ0v) is 10.0. The van der Waals surface area contributed by atoms with Crippen molar-refractivity contribution in [2.75, 3.05) is 18.9 Å². The van der Waals surface area contributed by atoms with Crippen molar-refractivity contribution < 1.29 is 42.5 Å². The van der Waals surface area contributed by atoms with Crippen LogP contribution in [-0.2, 0) is 6.42 Å². The second-order valence-corrected chi connectivity index (χ2v) is 4.44. The Hall–Kier alpha value is 0.590. The molecule has 0 aliphatic carbocycles. The van der Waals surface area contributed by atoms with Gasteiger partial charge in [0.1, 0.15) is 12.4 Å². The number of fused-ring (bicyclic) bond motifs is 1. The van der Waals surface area contributed by atoms with Crippen LogP contribution in [0.1, 0.15) is 12.0 Å². The third kappa shape index (κ3) is 3.53. The van der Waals surface area contributed by atoms with Gasteiger partial charge in [0.15, 0.2) is 0 Å². The van der Waals surface area contributed by atoms with Gasteiger partial charge in [0.2, 0.25) is 0 Å². The largest absolute Gasteiger partial charge is 0.491 e. The summed E-state index contributed by atoms with van der Waals surface area (Å²) in [6, 6.07) is 6.29. The molecule has 0 fully saturated rings. The van der Waals surface area contributed by atoms with Crippen molar-refractivity contribution in [1.29, 1.82) is 0 Å². The number of rotatable bonds is 3. The molecule has 0 radical (unpaired) electrons. The Bertz CT molecular complexity index is 319. The molecule has 0 atom stereocenters. The minimum atomic E-state index is 0. The summed E-state index contributed by atoms with van der Waals surface area (Å²) in [4.78, 5) is 1.33. The summed E-state index contributed by atoms with van der Waals surface area (Å²) < 4.78 is 5.61. The molecule has 2 rings (SSSR count). The summed E-state index contributed by atoms with van der Waals surface area (Å²) in [5, 5.41) is 0. The van der Waals surface area contributed by atoms with E-state index >= 15 is 0 Å². The molecule has 84 valence electrons. The normalized spacial score (nSPS) is 13.9. The van der Waals surface area contributed by atoms with Gasteiger partial charge < -0.3 is 10.5 Å². The fraction of sp³-hybridized carbons (Fsp3) is 0.455. The number of aryl methyl sites for hydroxylation is 1. The fourth-order valence-electron chi connectivity index (χ4n) is 1.64. The molecule has 0 amide bonds. The molecular formula is C11H15ArNOS. The van der Waals surface area contributed by atoms with Crippen LogP contribution in [0.2, 0.25) is 0 Å². The number of benzene rings is 1. The number of ether oxygens (including phenoxy) is 1. The summed E-state index contributed by atoms with van der Waals surface area (Å²) in [6.07, 6.45) is 2.46. The van der Waals surface area contributed by atoms with Crippen LogP contribution in [0.15, 0.2) is 23.1 Å². The molecule has 1 heterocycles. The van der Waals surface area contributed by atoms with E-state index in [4.69, 9.17) is 10.5 Å². The second-order valence-electron chi connectivity index (χ2n) is 3.33. The first-order chi connectivity index (χ1) is 6.92. The average Bonchev–Trinajstić information content (AvgIpc) is 2.26. The number of hydrogen-bond acceptors (Lipinski definition) is 3. The van der Waals surface area contributed by atoms with Crippen LogP contribution >= 0.6 is 11.8 Å². The van der Waals surface area contributed by atoms with Crippen molar-refractivity contribution >= 4 is 11.8 Å². The van der Waals surface area contributed by atoms with E-state index < -0.39 is 0 Å². The van der Waals surface area contributed by atoms with Gasteiger partial charge in [-0.15, -0.1) is 11.8 Å². The molecule has 0 aromatic heterocycles. The molecule has 0 unspecified atom stereocenters. The van der Waals surface area contributed by atoms with Crippen molar-refractivity contribution in [2.45, 2.75) is 17.7 Å². The summed E-state index contributed by atoms with van der Waals surface area (Å²) in [7, 11) is 0. The Balaban J connectivity index is 0.00000112. The quantitative estimate of drug-likeness (QED) is 0.890. The van der Waals surface area contributed by atoms with Crippen LogP contribution in [0.3, 0.4) is 0 Å². The summed E-state index contributed by atoms with van der Waals surface area (Å²) in [5.41, 5.74) is 6.85. The van der Waals surface area contributed by atoms with E-state index in [2.05, 4.69) is 12.1 Å². The van der Waals surface area contributed by atoms with Crippen LogP contribution in [0, 0.1) is 37.7 Å². The van der Waals surface area contributed by atoms with Gasteiger partial charge in [-0.25, -0.2) is 0 Å². The molecule has 1 aromatic rings. The third-order valence-corrected chi connectivity index (χ3v) is 3.52. The Morgan fingerprint density at radius 2 is 2.27 bits per heavy atom. The van der Waals surface area contributed by atoms with Crippen molar-refractivity contribution in [3.63, 3.8) is 0 Å². The molecule has 1 aromatic carbocycles. The van der Waals surface area contributed by atoms with Gasteiger partial charge in [-0.05, 0) is 30.2 Å². The van der Waals surface area contributed by atoms with Crippen LogP contribution in [0.25, 0.3) is 0 Å². The molecule has 1 aliphatic heterocycles. The zero-order chi connectivity index (χ0) is 9.80. The first-order valence-corrected chi connectivity index (χ1v) is 5.98. The molecule has 4 heteroatoms. The molecule has 2 N–H and O–H groups in total. The maximum absolute atomic E-state index is 5.61. The van der Waals surface area contributed by atoms with Gasteiger partial charge in [0.05, 0.1) is 4.90 Å². The van der Waals surface area contributed by atoms with E-state index in [0.29, 0.717) is 13.2 Å². The maximum Gasteiger partial charge on any atom is 0.133 e. The van der Waals surface area contributed by atoms with E-state index in [9.17, 15) is 0 Å². The van der Waals surface area contributed by atoms with Gasteiger partial charge in [0.25, 0.3) is 0 Å². The van der Waals surface area contributed by atoms with Gasteiger partial charge in [-0.3, -0.25) is 0 Å². The van der Waals surface area contributed by atoms with Crippen molar-refractivity contribution in [1.82, 2.24) is 0 Å². The summed E-state index contributed by atoms with van der Waals surface area (Å²) in [6.45, 7) is 1.19. The molecule has 15 heavy (non-hydrogen) atoms. The smallest absolute Gasteiger partial charge is 0.133 e. The number of nitrogens with two attached hydrogens (primary N) is 1. The molecule has 1 aliphatic rings. The summed E-state index contributed by atoms with van der Waals surface area (Å²) in [5.74, 6) is 2.22. The van der Waals surface area contributed by atoms with Crippen LogP contribution in [0.4, 0.5) is 0 Å². The SMILES string of the molecule is NCCOc1cccc2c1SCCC2.[Ar]. The minimum Gasteiger partial charge on any atom is -0.491 e. The average molecular weight is 249 g/mol. The molecular weight excluding hydrogens is 234 g/mol. The molecule has 0 bridgehead atoms. The third-order valence-electron chi connectivity index (χ3n) is 2.27. The van der Waals surface area contributed by atoms with E-state index in [0.717, 1.165) is 5.75 Å². The van der Waals surface area contributed by atoms with Gasteiger partial charge in [0, 0.05) is 44.3 Å². The fourth-order valence-corrected chi connectivity index (χ4v) is 2.76. The van der Waals surface area contributed by atoms with Crippen molar-refractivity contribution in [2.24, 2.45) is 5.73 Å².